The van der Waals surface area contributed by atoms with Gasteiger partial charge in [0.1, 0.15) is 5.60 Å². The van der Waals surface area contributed by atoms with E-state index in [2.05, 4.69) is 21.9 Å². The lowest BCUT2D eigenvalue weighted by molar-refractivity contribution is 0.0508. The zero-order valence-corrected chi connectivity index (χ0v) is 12.5. The molecule has 2 aromatic heterocycles. The summed E-state index contributed by atoms with van der Waals surface area (Å²) >= 11 is 0. The van der Waals surface area contributed by atoms with E-state index in [9.17, 15) is 4.79 Å². The number of ether oxygens (including phenoxy) is 1. The van der Waals surface area contributed by atoms with Crippen molar-refractivity contribution in [3.8, 4) is 0 Å². The van der Waals surface area contributed by atoms with Crippen LogP contribution in [-0.2, 0) is 11.2 Å². The summed E-state index contributed by atoms with van der Waals surface area (Å²) in [5.41, 5.74) is 1.92. The number of fused-ring (bicyclic) bond motifs is 1. The van der Waals surface area contributed by atoms with Crippen LogP contribution in [0.2, 0.25) is 0 Å². The Kier molecular flexibility index (Phi) is 4.02. The average Bonchev–Trinajstić information content (AvgIpc) is 2.70. The van der Waals surface area contributed by atoms with Crippen molar-refractivity contribution in [3.63, 3.8) is 0 Å². The first-order valence-corrected chi connectivity index (χ1v) is 6.89. The lowest BCUT2D eigenvalue weighted by Crippen LogP contribution is -2.38. The molecule has 0 radical (unpaired) electrons. The van der Waals surface area contributed by atoms with Gasteiger partial charge in [0, 0.05) is 24.0 Å². The molecule has 1 amide bonds. The summed E-state index contributed by atoms with van der Waals surface area (Å²) in [4.78, 5) is 11.7. The molecule has 0 saturated carbocycles. The minimum Gasteiger partial charge on any atom is -0.444 e. The van der Waals surface area contributed by atoms with E-state index < -0.39 is 5.60 Å². The minimum atomic E-state index is -0.466. The smallest absolute Gasteiger partial charge is 0.407 e. The number of rotatable bonds is 3. The molecule has 1 unspecified atom stereocenters. The van der Waals surface area contributed by atoms with Gasteiger partial charge in [-0.2, -0.15) is 0 Å². The molecular formula is C16H22N2O2. The Bertz CT molecular complexity index is 596. The molecule has 2 heterocycles. The van der Waals surface area contributed by atoms with E-state index in [4.69, 9.17) is 4.74 Å². The molecule has 0 aliphatic carbocycles. The molecule has 4 heteroatoms. The number of amides is 1. The molecule has 1 atom stereocenters. The van der Waals surface area contributed by atoms with Gasteiger partial charge in [-0.05, 0) is 57.9 Å². The van der Waals surface area contributed by atoms with Crippen LogP contribution in [0.15, 0.2) is 36.7 Å². The Hall–Kier alpha value is -1.97. The Labute approximate surface area is 119 Å². The van der Waals surface area contributed by atoms with Gasteiger partial charge >= 0.3 is 6.09 Å². The number of pyridine rings is 1. The molecule has 2 aromatic rings. The number of hydrogen-bond donors (Lipinski definition) is 1. The highest BCUT2D eigenvalue weighted by Crippen LogP contribution is 2.14. The molecule has 4 nitrogen and oxygen atoms in total. The second-order valence-electron chi connectivity index (χ2n) is 6.09. The zero-order valence-electron chi connectivity index (χ0n) is 12.5. The predicted molar refractivity (Wildman–Crippen MR) is 79.9 cm³/mol. The second kappa shape index (κ2) is 5.57. The van der Waals surface area contributed by atoms with E-state index in [0.29, 0.717) is 0 Å². The van der Waals surface area contributed by atoms with Gasteiger partial charge in [0.15, 0.2) is 0 Å². The summed E-state index contributed by atoms with van der Waals surface area (Å²) in [5, 5.41) is 2.87. The van der Waals surface area contributed by atoms with E-state index in [-0.39, 0.29) is 12.1 Å². The number of carbonyl (C=O) groups excluding carboxylic acids is 1. The number of nitrogens with one attached hydrogen (secondary N) is 1. The van der Waals surface area contributed by atoms with Gasteiger partial charge in [-0.1, -0.05) is 6.07 Å². The van der Waals surface area contributed by atoms with Crippen LogP contribution in [-0.4, -0.2) is 22.1 Å². The van der Waals surface area contributed by atoms with Gasteiger partial charge in [-0.25, -0.2) is 4.79 Å². The highest BCUT2D eigenvalue weighted by atomic mass is 16.6. The predicted octanol–water partition coefficient (Wildman–Crippen LogP) is 3.40. The SMILES string of the molecule is CC(Cc1ccn2ccccc12)NC(=O)OC(C)(C)C. The van der Waals surface area contributed by atoms with Crippen molar-refractivity contribution in [3.05, 3.63) is 42.2 Å². The van der Waals surface area contributed by atoms with Crippen molar-refractivity contribution in [2.45, 2.75) is 45.8 Å². The fourth-order valence-corrected chi connectivity index (χ4v) is 2.18. The number of alkyl carbamates (subject to hydrolysis) is 1. The van der Waals surface area contributed by atoms with Crippen molar-refractivity contribution in [2.24, 2.45) is 0 Å². The summed E-state index contributed by atoms with van der Waals surface area (Å²) in [6.07, 6.45) is 4.46. The molecule has 0 bridgehead atoms. The summed E-state index contributed by atoms with van der Waals surface area (Å²) < 4.78 is 7.34. The van der Waals surface area contributed by atoms with E-state index in [0.717, 1.165) is 6.42 Å². The van der Waals surface area contributed by atoms with Crippen LogP contribution in [0.25, 0.3) is 5.52 Å². The third-order valence-corrected chi connectivity index (χ3v) is 2.94. The third kappa shape index (κ3) is 3.76. The molecule has 0 aromatic carbocycles. The van der Waals surface area contributed by atoms with E-state index >= 15 is 0 Å². The van der Waals surface area contributed by atoms with Crippen molar-refractivity contribution in [1.82, 2.24) is 9.72 Å². The van der Waals surface area contributed by atoms with E-state index in [1.54, 1.807) is 0 Å². The highest BCUT2D eigenvalue weighted by molar-refractivity contribution is 5.68. The number of hydrogen-bond acceptors (Lipinski definition) is 2. The van der Waals surface area contributed by atoms with Crippen LogP contribution < -0.4 is 5.32 Å². The molecular weight excluding hydrogens is 252 g/mol. The Morgan fingerprint density at radius 2 is 2.05 bits per heavy atom. The van der Waals surface area contributed by atoms with Crippen LogP contribution in [0.5, 0.6) is 0 Å². The average molecular weight is 274 g/mol. The molecule has 2 rings (SSSR count). The first kappa shape index (κ1) is 14.4. The minimum absolute atomic E-state index is 0.0243. The maximum atomic E-state index is 11.7. The zero-order chi connectivity index (χ0) is 14.8. The van der Waals surface area contributed by atoms with Gasteiger partial charge in [-0.3, -0.25) is 0 Å². The van der Waals surface area contributed by atoms with Crippen molar-refractivity contribution >= 4 is 11.6 Å². The standard InChI is InChI=1S/C16H22N2O2/c1-12(17-15(19)20-16(2,3)4)11-13-8-10-18-9-6-5-7-14(13)18/h5-10,12H,11H2,1-4H3,(H,17,19). The molecule has 108 valence electrons. The first-order valence-electron chi connectivity index (χ1n) is 6.89. The normalized spacial score (nSPS) is 13.2. The quantitative estimate of drug-likeness (QED) is 0.932. The lowest BCUT2D eigenvalue weighted by atomic mass is 10.1. The fraction of sp³-hybridized carbons (Fsp3) is 0.438. The summed E-state index contributed by atoms with van der Waals surface area (Å²) in [6.45, 7) is 7.56. The van der Waals surface area contributed by atoms with Crippen molar-refractivity contribution < 1.29 is 9.53 Å². The molecule has 0 fully saturated rings. The number of aromatic nitrogens is 1. The summed E-state index contributed by atoms with van der Waals surface area (Å²) in [7, 11) is 0. The van der Waals surface area contributed by atoms with Crippen LogP contribution in [0, 0.1) is 0 Å². The Morgan fingerprint density at radius 3 is 2.75 bits per heavy atom. The summed E-state index contributed by atoms with van der Waals surface area (Å²) in [6, 6.07) is 8.21. The van der Waals surface area contributed by atoms with E-state index in [1.807, 2.05) is 52.2 Å². The summed E-state index contributed by atoms with van der Waals surface area (Å²) in [5.74, 6) is 0. The van der Waals surface area contributed by atoms with Gasteiger partial charge in [0.25, 0.3) is 0 Å². The van der Waals surface area contributed by atoms with Crippen LogP contribution in [0.1, 0.15) is 33.3 Å². The van der Waals surface area contributed by atoms with Crippen molar-refractivity contribution in [2.75, 3.05) is 0 Å². The van der Waals surface area contributed by atoms with Crippen LogP contribution in [0.4, 0.5) is 4.79 Å². The largest absolute Gasteiger partial charge is 0.444 e. The van der Waals surface area contributed by atoms with Crippen molar-refractivity contribution in [1.29, 1.82) is 0 Å². The van der Waals surface area contributed by atoms with Crippen LogP contribution >= 0.6 is 0 Å². The third-order valence-electron chi connectivity index (χ3n) is 2.94. The first-order chi connectivity index (χ1) is 9.35. The maximum Gasteiger partial charge on any atom is 0.407 e. The second-order valence-corrected chi connectivity index (χ2v) is 6.09. The van der Waals surface area contributed by atoms with Gasteiger partial charge in [-0.15, -0.1) is 0 Å². The fourth-order valence-electron chi connectivity index (χ4n) is 2.18. The number of carbonyl (C=O) groups is 1. The van der Waals surface area contributed by atoms with Gasteiger partial charge in [0.05, 0.1) is 0 Å². The molecule has 0 saturated heterocycles. The van der Waals surface area contributed by atoms with Gasteiger partial charge < -0.3 is 14.5 Å². The molecule has 20 heavy (non-hydrogen) atoms. The monoisotopic (exact) mass is 274 g/mol. The maximum absolute atomic E-state index is 11.7. The Morgan fingerprint density at radius 1 is 1.30 bits per heavy atom. The van der Waals surface area contributed by atoms with Crippen LogP contribution in [0.3, 0.4) is 0 Å². The highest BCUT2D eigenvalue weighted by Gasteiger charge is 2.18. The van der Waals surface area contributed by atoms with Gasteiger partial charge in [0.2, 0.25) is 0 Å². The number of nitrogens with zero attached hydrogens (tertiary/aromatic N) is 1. The Balaban J connectivity index is 1.98. The molecule has 0 spiro atoms. The lowest BCUT2D eigenvalue weighted by Gasteiger charge is -2.21. The van der Waals surface area contributed by atoms with E-state index in [1.165, 1.54) is 11.1 Å². The molecule has 0 aliphatic rings. The molecule has 1 N–H and O–H groups in total. The molecule has 0 aliphatic heterocycles. The topological polar surface area (TPSA) is 42.7 Å².